The van der Waals surface area contributed by atoms with E-state index in [9.17, 15) is 4.79 Å². The first-order chi connectivity index (χ1) is 13.5. The van der Waals surface area contributed by atoms with Gasteiger partial charge < -0.3 is 5.32 Å². The zero-order valence-electron chi connectivity index (χ0n) is 15.2. The summed E-state index contributed by atoms with van der Waals surface area (Å²) in [5.74, 6) is -0.148. The Balaban J connectivity index is 1.37. The molecule has 0 saturated carbocycles. The molecule has 0 saturated heterocycles. The predicted molar refractivity (Wildman–Crippen MR) is 111 cm³/mol. The second kappa shape index (κ2) is 8.00. The van der Waals surface area contributed by atoms with E-state index in [0.29, 0.717) is 28.7 Å². The van der Waals surface area contributed by atoms with Gasteiger partial charge in [-0.25, -0.2) is 0 Å². The number of halogens is 1. The van der Waals surface area contributed by atoms with Gasteiger partial charge in [0.15, 0.2) is 0 Å². The molecule has 28 heavy (non-hydrogen) atoms. The highest BCUT2D eigenvalue weighted by atomic mass is 35.5. The summed E-state index contributed by atoms with van der Waals surface area (Å²) in [7, 11) is 0. The van der Waals surface area contributed by atoms with Crippen molar-refractivity contribution in [1.82, 2.24) is 19.6 Å². The van der Waals surface area contributed by atoms with Crippen molar-refractivity contribution in [3.8, 4) is 0 Å². The van der Waals surface area contributed by atoms with Gasteiger partial charge in [-0.05, 0) is 29.5 Å². The molecule has 1 aromatic carbocycles. The first-order valence-electron chi connectivity index (χ1n) is 8.70. The van der Waals surface area contributed by atoms with Crippen molar-refractivity contribution < 1.29 is 4.79 Å². The summed E-state index contributed by atoms with van der Waals surface area (Å²) >= 11 is 7.28. The molecule has 0 aliphatic heterocycles. The number of hydrogen-bond donors (Lipinski definition) is 1. The van der Waals surface area contributed by atoms with E-state index in [1.165, 1.54) is 16.9 Å². The van der Waals surface area contributed by atoms with Crippen LogP contribution in [0.2, 0.25) is 5.02 Å². The van der Waals surface area contributed by atoms with E-state index in [1.807, 2.05) is 22.3 Å². The molecule has 0 unspecified atom stereocenters. The monoisotopic (exact) mass is 411 g/mol. The van der Waals surface area contributed by atoms with Gasteiger partial charge in [0, 0.05) is 12.4 Å². The lowest BCUT2D eigenvalue weighted by molar-refractivity contribution is 0.103. The van der Waals surface area contributed by atoms with Gasteiger partial charge in [-0.2, -0.15) is 10.2 Å². The molecule has 3 aromatic heterocycles. The van der Waals surface area contributed by atoms with Gasteiger partial charge in [-0.1, -0.05) is 41.4 Å². The van der Waals surface area contributed by atoms with Gasteiger partial charge in [-0.3, -0.25) is 14.2 Å². The van der Waals surface area contributed by atoms with Crippen molar-refractivity contribution in [2.24, 2.45) is 0 Å². The number of carbonyl (C=O) groups excluding carboxylic acids is 1. The fourth-order valence-electron chi connectivity index (χ4n) is 2.78. The number of aromatic nitrogens is 4. The number of thiophene rings is 1. The molecule has 3 heterocycles. The number of benzene rings is 1. The van der Waals surface area contributed by atoms with Crippen LogP contribution in [0, 0.1) is 6.92 Å². The number of hydrogen-bond acceptors (Lipinski definition) is 4. The number of aryl methyl sites for hydroxylation is 1. The third-order valence-corrected chi connectivity index (χ3v) is 5.35. The third kappa shape index (κ3) is 4.49. The molecule has 0 aliphatic rings. The van der Waals surface area contributed by atoms with Crippen LogP contribution in [0.15, 0.2) is 60.5 Å². The number of carbonyl (C=O) groups is 1. The lowest BCUT2D eigenvalue weighted by Gasteiger charge is -2.02. The Labute approximate surface area is 171 Å². The maximum absolute atomic E-state index is 12.5. The van der Waals surface area contributed by atoms with Crippen LogP contribution in [-0.4, -0.2) is 25.5 Å². The maximum atomic E-state index is 12.5. The van der Waals surface area contributed by atoms with Crippen molar-refractivity contribution in [1.29, 1.82) is 0 Å². The van der Waals surface area contributed by atoms with Gasteiger partial charge in [0.1, 0.15) is 0 Å². The van der Waals surface area contributed by atoms with E-state index in [-0.39, 0.29) is 5.91 Å². The molecular formula is C20H18ClN5OS. The number of anilines is 1. The number of rotatable bonds is 6. The standard InChI is InChI=1S/C20H18ClN5OS/c1-14-2-4-15(5-3-14)9-26-12-18(8-23-26)24-20(27)19-6-16(13-28-19)10-25-11-17(21)7-22-25/h2-8,11-13H,9-10H2,1H3,(H,24,27). The summed E-state index contributed by atoms with van der Waals surface area (Å²) in [6, 6.07) is 10.2. The van der Waals surface area contributed by atoms with Gasteiger partial charge in [0.25, 0.3) is 5.91 Å². The first kappa shape index (κ1) is 18.5. The lowest BCUT2D eigenvalue weighted by Crippen LogP contribution is -2.09. The number of nitrogens with one attached hydrogen (secondary N) is 1. The van der Waals surface area contributed by atoms with Crippen LogP contribution in [0.1, 0.15) is 26.4 Å². The molecule has 4 rings (SSSR count). The summed E-state index contributed by atoms with van der Waals surface area (Å²) in [6.07, 6.45) is 6.83. The van der Waals surface area contributed by atoms with E-state index in [0.717, 1.165) is 11.1 Å². The molecule has 8 heteroatoms. The van der Waals surface area contributed by atoms with Crippen molar-refractivity contribution in [3.05, 3.63) is 87.1 Å². The second-order valence-electron chi connectivity index (χ2n) is 6.54. The highest BCUT2D eigenvalue weighted by Crippen LogP contribution is 2.18. The van der Waals surface area contributed by atoms with Crippen LogP contribution in [-0.2, 0) is 13.1 Å². The lowest BCUT2D eigenvalue weighted by atomic mass is 10.1. The van der Waals surface area contributed by atoms with E-state index in [2.05, 4.69) is 46.7 Å². The highest BCUT2D eigenvalue weighted by Gasteiger charge is 2.11. The quantitative estimate of drug-likeness (QED) is 0.509. The molecule has 0 spiro atoms. The largest absolute Gasteiger partial charge is 0.319 e. The predicted octanol–water partition coefficient (Wildman–Crippen LogP) is 4.45. The maximum Gasteiger partial charge on any atom is 0.265 e. The van der Waals surface area contributed by atoms with Gasteiger partial charge in [-0.15, -0.1) is 11.3 Å². The normalized spacial score (nSPS) is 10.9. The van der Waals surface area contributed by atoms with Gasteiger partial charge in [0.05, 0.1) is 41.1 Å². The second-order valence-corrected chi connectivity index (χ2v) is 7.89. The first-order valence-corrected chi connectivity index (χ1v) is 9.96. The van der Waals surface area contributed by atoms with E-state index in [1.54, 1.807) is 23.3 Å². The molecule has 0 aliphatic carbocycles. The zero-order valence-corrected chi connectivity index (χ0v) is 16.7. The Hall–Kier alpha value is -2.90. The summed E-state index contributed by atoms with van der Waals surface area (Å²) in [6.45, 7) is 3.29. The average Bonchev–Trinajstić information content (AvgIpc) is 3.40. The van der Waals surface area contributed by atoms with Crippen LogP contribution < -0.4 is 5.32 Å². The van der Waals surface area contributed by atoms with Crippen molar-refractivity contribution >= 4 is 34.5 Å². The van der Waals surface area contributed by atoms with Gasteiger partial charge >= 0.3 is 0 Å². The summed E-state index contributed by atoms with van der Waals surface area (Å²) in [5.41, 5.74) is 4.06. The minimum Gasteiger partial charge on any atom is -0.319 e. The SMILES string of the molecule is Cc1ccc(Cn2cc(NC(=O)c3cc(Cn4cc(Cl)cn4)cs3)cn2)cc1. The Kier molecular flexibility index (Phi) is 5.27. The van der Waals surface area contributed by atoms with Gasteiger partial charge in [0.2, 0.25) is 0 Å². The fourth-order valence-corrected chi connectivity index (χ4v) is 3.73. The van der Waals surface area contributed by atoms with E-state index < -0.39 is 0 Å². The molecule has 0 fully saturated rings. The minimum absolute atomic E-state index is 0.148. The molecule has 0 atom stereocenters. The van der Waals surface area contributed by atoms with Crippen LogP contribution in [0.5, 0.6) is 0 Å². The van der Waals surface area contributed by atoms with E-state index >= 15 is 0 Å². The molecule has 142 valence electrons. The molecule has 6 nitrogen and oxygen atoms in total. The average molecular weight is 412 g/mol. The molecule has 1 N–H and O–H groups in total. The summed E-state index contributed by atoms with van der Waals surface area (Å²) < 4.78 is 3.54. The third-order valence-electron chi connectivity index (χ3n) is 4.18. The Bertz CT molecular complexity index is 1100. The molecule has 0 bridgehead atoms. The summed E-state index contributed by atoms with van der Waals surface area (Å²) in [5, 5.41) is 13.9. The number of nitrogens with zero attached hydrogens (tertiary/aromatic N) is 4. The fraction of sp³-hybridized carbons (Fsp3) is 0.150. The van der Waals surface area contributed by atoms with Crippen molar-refractivity contribution in [3.63, 3.8) is 0 Å². The minimum atomic E-state index is -0.148. The van der Waals surface area contributed by atoms with Crippen LogP contribution in [0.4, 0.5) is 5.69 Å². The smallest absolute Gasteiger partial charge is 0.265 e. The van der Waals surface area contributed by atoms with E-state index in [4.69, 9.17) is 11.6 Å². The zero-order chi connectivity index (χ0) is 19.5. The molecule has 0 radical (unpaired) electrons. The highest BCUT2D eigenvalue weighted by molar-refractivity contribution is 7.12. The van der Waals surface area contributed by atoms with Crippen molar-refractivity contribution in [2.45, 2.75) is 20.0 Å². The van der Waals surface area contributed by atoms with Crippen LogP contribution in [0.25, 0.3) is 0 Å². The molecule has 4 aromatic rings. The van der Waals surface area contributed by atoms with Crippen LogP contribution in [0.3, 0.4) is 0 Å². The van der Waals surface area contributed by atoms with Crippen molar-refractivity contribution in [2.75, 3.05) is 5.32 Å². The van der Waals surface area contributed by atoms with Crippen LogP contribution >= 0.6 is 22.9 Å². The Morgan fingerprint density at radius 3 is 2.54 bits per heavy atom. The number of amides is 1. The summed E-state index contributed by atoms with van der Waals surface area (Å²) in [4.78, 5) is 13.1. The Morgan fingerprint density at radius 2 is 1.79 bits per heavy atom. The molecular weight excluding hydrogens is 394 g/mol. The topological polar surface area (TPSA) is 64.7 Å². The Morgan fingerprint density at radius 1 is 1.07 bits per heavy atom. The molecule has 1 amide bonds.